The molecule has 0 bridgehead atoms. The molecule has 0 saturated carbocycles. The lowest BCUT2D eigenvalue weighted by Crippen LogP contribution is -2.48. The molecule has 2 heterocycles. The van der Waals surface area contributed by atoms with Crippen molar-refractivity contribution in [2.45, 2.75) is 19.8 Å². The lowest BCUT2D eigenvalue weighted by atomic mass is 9.94. The van der Waals surface area contributed by atoms with Crippen molar-refractivity contribution in [2.24, 2.45) is 5.92 Å². The molecule has 0 aromatic heterocycles. The molecule has 1 unspecified atom stereocenters. The summed E-state index contributed by atoms with van der Waals surface area (Å²) < 4.78 is 5.24. The van der Waals surface area contributed by atoms with Crippen LogP contribution in [0.5, 0.6) is 0 Å². The van der Waals surface area contributed by atoms with Crippen LogP contribution in [0.1, 0.15) is 19.8 Å². The Morgan fingerprint density at radius 3 is 2.61 bits per heavy atom. The van der Waals surface area contributed by atoms with Crippen LogP contribution in [-0.2, 0) is 14.3 Å². The molecule has 2 rings (SSSR count). The number of likely N-dealkylation sites (tertiary alicyclic amines) is 1. The fourth-order valence-electron chi connectivity index (χ4n) is 2.64. The number of ketones is 1. The van der Waals surface area contributed by atoms with Gasteiger partial charge in [-0.1, -0.05) is 0 Å². The molecular formula is C13H22N2O3. The predicted molar refractivity (Wildman–Crippen MR) is 67.2 cm³/mol. The van der Waals surface area contributed by atoms with Gasteiger partial charge in [0.2, 0.25) is 5.91 Å². The summed E-state index contributed by atoms with van der Waals surface area (Å²) in [6, 6.07) is 0. The van der Waals surface area contributed by atoms with E-state index in [1.807, 2.05) is 4.90 Å². The van der Waals surface area contributed by atoms with Crippen LogP contribution in [0.15, 0.2) is 0 Å². The zero-order chi connectivity index (χ0) is 13.0. The number of amides is 1. The van der Waals surface area contributed by atoms with E-state index in [0.717, 1.165) is 25.9 Å². The minimum atomic E-state index is 0.122. The quantitative estimate of drug-likeness (QED) is 0.719. The van der Waals surface area contributed by atoms with Crippen LogP contribution in [0.4, 0.5) is 0 Å². The summed E-state index contributed by atoms with van der Waals surface area (Å²) in [5.74, 6) is 0.539. The van der Waals surface area contributed by atoms with Gasteiger partial charge in [-0.25, -0.2) is 0 Å². The number of hydrogen-bond donors (Lipinski definition) is 0. The number of nitrogens with zero attached hydrogens (tertiary/aromatic N) is 2. The summed E-state index contributed by atoms with van der Waals surface area (Å²) in [6.45, 7) is 6.45. The SMILES string of the molecule is CC(=O)C1CCCN(CC(=O)N2CCOCC2)C1. The number of rotatable bonds is 3. The Labute approximate surface area is 108 Å². The third kappa shape index (κ3) is 3.53. The third-order valence-corrected chi connectivity index (χ3v) is 3.80. The maximum atomic E-state index is 12.1. The largest absolute Gasteiger partial charge is 0.378 e. The number of ether oxygens (including phenoxy) is 1. The monoisotopic (exact) mass is 254 g/mol. The van der Waals surface area contributed by atoms with Gasteiger partial charge in [0, 0.05) is 25.6 Å². The Morgan fingerprint density at radius 2 is 1.94 bits per heavy atom. The lowest BCUT2D eigenvalue weighted by molar-refractivity contribution is -0.137. The van der Waals surface area contributed by atoms with E-state index in [9.17, 15) is 9.59 Å². The predicted octanol–water partition coefficient (Wildman–Crippen LogP) is 0.146. The van der Waals surface area contributed by atoms with Gasteiger partial charge in [-0.2, -0.15) is 0 Å². The van der Waals surface area contributed by atoms with E-state index in [1.165, 1.54) is 0 Å². The summed E-state index contributed by atoms with van der Waals surface area (Å²) in [6.07, 6.45) is 1.98. The van der Waals surface area contributed by atoms with Crippen LogP contribution < -0.4 is 0 Å². The van der Waals surface area contributed by atoms with Gasteiger partial charge in [0.15, 0.2) is 0 Å². The van der Waals surface area contributed by atoms with Gasteiger partial charge in [-0.05, 0) is 26.3 Å². The van der Waals surface area contributed by atoms with Gasteiger partial charge in [0.1, 0.15) is 5.78 Å². The summed E-state index contributed by atoms with van der Waals surface area (Å²) in [7, 11) is 0. The molecule has 1 atom stereocenters. The van der Waals surface area contributed by atoms with Crippen molar-refractivity contribution < 1.29 is 14.3 Å². The first-order valence-corrected chi connectivity index (χ1v) is 6.75. The van der Waals surface area contributed by atoms with Gasteiger partial charge in [0.25, 0.3) is 0 Å². The van der Waals surface area contributed by atoms with Crippen LogP contribution in [0.2, 0.25) is 0 Å². The average molecular weight is 254 g/mol. The molecule has 5 nitrogen and oxygen atoms in total. The van der Waals surface area contributed by atoms with Crippen molar-refractivity contribution in [1.82, 2.24) is 9.80 Å². The van der Waals surface area contributed by atoms with Crippen molar-refractivity contribution in [3.05, 3.63) is 0 Å². The van der Waals surface area contributed by atoms with E-state index in [4.69, 9.17) is 4.74 Å². The minimum absolute atomic E-state index is 0.122. The second kappa shape index (κ2) is 6.29. The molecule has 5 heteroatoms. The molecule has 1 amide bonds. The van der Waals surface area contributed by atoms with Gasteiger partial charge in [-0.15, -0.1) is 0 Å². The van der Waals surface area contributed by atoms with Crippen LogP contribution >= 0.6 is 0 Å². The van der Waals surface area contributed by atoms with Crippen molar-refractivity contribution in [2.75, 3.05) is 45.9 Å². The van der Waals surface area contributed by atoms with E-state index < -0.39 is 0 Å². The molecular weight excluding hydrogens is 232 g/mol. The maximum absolute atomic E-state index is 12.1. The summed E-state index contributed by atoms with van der Waals surface area (Å²) >= 11 is 0. The molecule has 18 heavy (non-hydrogen) atoms. The number of hydrogen-bond acceptors (Lipinski definition) is 4. The second-order valence-electron chi connectivity index (χ2n) is 5.18. The van der Waals surface area contributed by atoms with Crippen LogP contribution in [-0.4, -0.2) is 67.4 Å². The Kier molecular flexibility index (Phi) is 4.72. The normalized spacial score (nSPS) is 26.1. The highest BCUT2D eigenvalue weighted by molar-refractivity contribution is 5.80. The smallest absolute Gasteiger partial charge is 0.236 e. The molecule has 0 aromatic rings. The van der Waals surface area contributed by atoms with Crippen LogP contribution in [0, 0.1) is 5.92 Å². The van der Waals surface area contributed by atoms with Crippen molar-refractivity contribution in [3.8, 4) is 0 Å². The maximum Gasteiger partial charge on any atom is 0.236 e. The Balaban J connectivity index is 1.81. The highest BCUT2D eigenvalue weighted by Gasteiger charge is 2.26. The summed E-state index contributed by atoms with van der Waals surface area (Å²) in [5, 5.41) is 0. The third-order valence-electron chi connectivity index (χ3n) is 3.80. The van der Waals surface area contributed by atoms with Crippen LogP contribution in [0.25, 0.3) is 0 Å². The van der Waals surface area contributed by atoms with Crippen molar-refractivity contribution >= 4 is 11.7 Å². The van der Waals surface area contributed by atoms with E-state index in [2.05, 4.69) is 4.90 Å². The van der Waals surface area contributed by atoms with E-state index in [1.54, 1.807) is 6.92 Å². The van der Waals surface area contributed by atoms with Gasteiger partial charge >= 0.3 is 0 Å². The Morgan fingerprint density at radius 1 is 1.22 bits per heavy atom. The van der Waals surface area contributed by atoms with Crippen molar-refractivity contribution in [1.29, 1.82) is 0 Å². The molecule has 102 valence electrons. The standard InChI is InChI=1S/C13H22N2O3/c1-11(16)12-3-2-4-14(9-12)10-13(17)15-5-7-18-8-6-15/h12H,2-10H2,1H3. The fourth-order valence-corrected chi connectivity index (χ4v) is 2.64. The second-order valence-corrected chi connectivity index (χ2v) is 5.18. The number of carbonyl (C=O) groups excluding carboxylic acids is 2. The van der Waals surface area contributed by atoms with E-state index >= 15 is 0 Å². The zero-order valence-corrected chi connectivity index (χ0v) is 11.1. The number of morpholine rings is 1. The molecule has 0 spiro atoms. The molecule has 0 radical (unpaired) electrons. The fraction of sp³-hybridized carbons (Fsp3) is 0.846. The van der Waals surface area contributed by atoms with Gasteiger partial charge in [-0.3, -0.25) is 14.5 Å². The molecule has 0 N–H and O–H groups in total. The first-order valence-electron chi connectivity index (χ1n) is 6.75. The van der Waals surface area contributed by atoms with Crippen LogP contribution in [0.3, 0.4) is 0 Å². The van der Waals surface area contributed by atoms with E-state index in [-0.39, 0.29) is 17.6 Å². The average Bonchev–Trinajstić information content (AvgIpc) is 2.40. The molecule has 2 aliphatic heterocycles. The van der Waals surface area contributed by atoms with E-state index in [0.29, 0.717) is 32.8 Å². The molecule has 0 aromatic carbocycles. The molecule has 0 aliphatic carbocycles. The first kappa shape index (κ1) is 13.5. The Hall–Kier alpha value is -0.940. The Bertz CT molecular complexity index is 313. The highest BCUT2D eigenvalue weighted by Crippen LogP contribution is 2.17. The summed E-state index contributed by atoms with van der Waals surface area (Å²) in [5.41, 5.74) is 0. The van der Waals surface area contributed by atoms with Crippen molar-refractivity contribution in [3.63, 3.8) is 0 Å². The number of piperidine rings is 1. The zero-order valence-electron chi connectivity index (χ0n) is 11.1. The number of Topliss-reactive ketones (excluding diaryl/α,β-unsaturated/α-hetero) is 1. The first-order chi connectivity index (χ1) is 8.66. The highest BCUT2D eigenvalue weighted by atomic mass is 16.5. The summed E-state index contributed by atoms with van der Waals surface area (Å²) in [4.78, 5) is 27.5. The topological polar surface area (TPSA) is 49.9 Å². The van der Waals surface area contributed by atoms with Gasteiger partial charge in [0.05, 0.1) is 19.8 Å². The van der Waals surface area contributed by atoms with Gasteiger partial charge < -0.3 is 9.64 Å². The molecule has 2 saturated heterocycles. The number of carbonyl (C=O) groups is 2. The molecule has 2 aliphatic rings. The lowest BCUT2D eigenvalue weighted by Gasteiger charge is -2.33. The molecule has 2 fully saturated rings. The minimum Gasteiger partial charge on any atom is -0.378 e.